The van der Waals surface area contributed by atoms with Gasteiger partial charge in [-0.25, -0.2) is 9.82 Å². The first-order chi connectivity index (χ1) is 13.5. The number of aromatic nitrogens is 2. The maximum Gasteiger partial charge on any atom is 0.434 e. The second kappa shape index (κ2) is 7.94. The summed E-state index contributed by atoms with van der Waals surface area (Å²) in [7, 11) is -3.84. The molecular weight excluding hydrogens is 435 g/mol. The van der Waals surface area contributed by atoms with Gasteiger partial charge in [0.05, 0.1) is 17.4 Å². The van der Waals surface area contributed by atoms with Crippen LogP contribution in [-0.2, 0) is 16.4 Å². The molecule has 8 nitrogen and oxygen atoms in total. The predicted octanol–water partition coefficient (Wildman–Crippen LogP) is 1.94. The molecule has 29 heavy (non-hydrogen) atoms. The van der Waals surface area contributed by atoms with Gasteiger partial charge in [-0.2, -0.15) is 31.0 Å². The SMILES string of the molecule is NS(=O)(=O)N1CCC(NC(=O)c2cnn(-c3ccc(Cl)cc3)c2C(F)(F)F)CC1. The number of piperidine rings is 1. The van der Waals surface area contributed by atoms with Gasteiger partial charge in [0.1, 0.15) is 0 Å². The van der Waals surface area contributed by atoms with Crippen molar-refractivity contribution in [3.05, 3.63) is 46.7 Å². The maximum atomic E-state index is 13.7. The molecule has 0 atom stereocenters. The van der Waals surface area contributed by atoms with Gasteiger partial charge < -0.3 is 5.32 Å². The minimum absolute atomic E-state index is 0.0694. The fourth-order valence-electron chi connectivity index (χ4n) is 3.08. The van der Waals surface area contributed by atoms with Gasteiger partial charge in [0.25, 0.3) is 16.1 Å². The van der Waals surface area contributed by atoms with Gasteiger partial charge in [-0.1, -0.05) is 11.6 Å². The number of carbonyl (C=O) groups excluding carboxylic acids is 1. The van der Waals surface area contributed by atoms with E-state index in [1.54, 1.807) is 0 Å². The molecule has 1 aliphatic rings. The van der Waals surface area contributed by atoms with E-state index >= 15 is 0 Å². The molecule has 3 N–H and O–H groups in total. The molecule has 2 aromatic rings. The van der Waals surface area contributed by atoms with Gasteiger partial charge in [0, 0.05) is 24.2 Å². The van der Waals surface area contributed by atoms with Crippen molar-refractivity contribution < 1.29 is 26.4 Å². The number of carbonyl (C=O) groups is 1. The van der Waals surface area contributed by atoms with Crippen molar-refractivity contribution in [1.82, 2.24) is 19.4 Å². The van der Waals surface area contributed by atoms with Crippen LogP contribution < -0.4 is 10.5 Å². The van der Waals surface area contributed by atoms with Crippen molar-refractivity contribution >= 4 is 27.7 Å². The van der Waals surface area contributed by atoms with E-state index in [-0.39, 0.29) is 31.6 Å². The Morgan fingerprint density at radius 2 is 1.79 bits per heavy atom. The average Bonchev–Trinajstić information content (AvgIpc) is 3.08. The lowest BCUT2D eigenvalue weighted by Gasteiger charge is -2.30. The fourth-order valence-corrected chi connectivity index (χ4v) is 3.93. The number of nitrogens with one attached hydrogen (secondary N) is 1. The number of nitrogens with zero attached hydrogens (tertiary/aromatic N) is 3. The van der Waals surface area contributed by atoms with Crippen molar-refractivity contribution in [2.24, 2.45) is 5.14 Å². The van der Waals surface area contributed by atoms with Gasteiger partial charge in [-0.3, -0.25) is 4.79 Å². The van der Waals surface area contributed by atoms with Gasteiger partial charge in [0.2, 0.25) is 0 Å². The number of hydrogen-bond donors (Lipinski definition) is 2. The zero-order chi connectivity index (χ0) is 21.4. The van der Waals surface area contributed by atoms with Crippen LogP contribution >= 0.6 is 11.6 Å². The molecule has 1 amide bonds. The van der Waals surface area contributed by atoms with Crippen molar-refractivity contribution in [2.45, 2.75) is 25.1 Å². The molecular formula is C16H17ClF3N5O3S. The molecule has 158 valence electrons. The summed E-state index contributed by atoms with van der Waals surface area (Å²) in [6.07, 6.45) is -3.52. The van der Waals surface area contributed by atoms with Crippen LogP contribution in [0.2, 0.25) is 5.02 Å². The molecule has 0 bridgehead atoms. The molecule has 0 unspecified atom stereocenters. The Morgan fingerprint density at radius 1 is 1.21 bits per heavy atom. The normalized spacial score (nSPS) is 16.7. The van der Waals surface area contributed by atoms with E-state index in [1.165, 1.54) is 24.3 Å². The molecule has 13 heteroatoms. The maximum absolute atomic E-state index is 13.7. The summed E-state index contributed by atoms with van der Waals surface area (Å²) in [5, 5.41) is 11.6. The Balaban J connectivity index is 1.82. The Morgan fingerprint density at radius 3 is 2.31 bits per heavy atom. The van der Waals surface area contributed by atoms with Gasteiger partial charge in [0.15, 0.2) is 5.69 Å². The number of halogens is 4. The second-order valence-electron chi connectivity index (χ2n) is 6.48. The largest absolute Gasteiger partial charge is 0.434 e. The third kappa shape index (κ3) is 4.89. The molecule has 2 heterocycles. The van der Waals surface area contributed by atoms with E-state index in [1.807, 2.05) is 0 Å². The van der Waals surface area contributed by atoms with Gasteiger partial charge in [-0.05, 0) is 37.1 Å². The number of nitrogens with two attached hydrogens (primary N) is 1. The van der Waals surface area contributed by atoms with E-state index in [4.69, 9.17) is 16.7 Å². The molecule has 3 rings (SSSR count). The number of hydrogen-bond acceptors (Lipinski definition) is 4. The molecule has 0 spiro atoms. The van der Waals surface area contributed by atoms with Crippen LogP contribution in [0.4, 0.5) is 13.2 Å². The monoisotopic (exact) mass is 451 g/mol. The topological polar surface area (TPSA) is 110 Å². The predicted molar refractivity (Wildman–Crippen MR) is 98.7 cm³/mol. The van der Waals surface area contributed by atoms with E-state index in [9.17, 15) is 26.4 Å². The summed E-state index contributed by atoms with van der Waals surface area (Å²) >= 11 is 5.77. The molecule has 1 aliphatic heterocycles. The summed E-state index contributed by atoms with van der Waals surface area (Å²) in [6, 6.07) is 5.06. The first-order valence-corrected chi connectivity index (χ1v) is 10.3. The number of alkyl halides is 3. The summed E-state index contributed by atoms with van der Waals surface area (Å²) in [4.78, 5) is 12.5. The summed E-state index contributed by atoms with van der Waals surface area (Å²) in [5.74, 6) is -0.938. The summed E-state index contributed by atoms with van der Waals surface area (Å²) in [5.41, 5.74) is -1.73. The average molecular weight is 452 g/mol. The summed E-state index contributed by atoms with van der Waals surface area (Å²) < 4.78 is 65.4. The number of rotatable bonds is 4. The highest BCUT2D eigenvalue weighted by molar-refractivity contribution is 7.86. The third-order valence-corrected chi connectivity index (χ3v) is 5.84. The number of benzene rings is 1. The fraction of sp³-hybridized carbons (Fsp3) is 0.375. The molecule has 0 aliphatic carbocycles. The second-order valence-corrected chi connectivity index (χ2v) is 8.47. The van der Waals surface area contributed by atoms with E-state index in [0.717, 1.165) is 10.5 Å². The Hall–Kier alpha value is -2.15. The lowest BCUT2D eigenvalue weighted by Crippen LogP contribution is -2.48. The standard InChI is InChI=1S/C16H17ClF3N5O3S/c17-10-1-3-12(4-2-10)25-14(16(18,19)20)13(9-22-25)15(26)23-11-5-7-24(8-6-11)29(21,27)28/h1-4,9,11H,5-8H2,(H,23,26)(H2,21,27,28). The minimum atomic E-state index is -4.83. The van der Waals surface area contributed by atoms with Crippen LogP contribution in [0, 0.1) is 0 Å². The van der Waals surface area contributed by atoms with Crippen LogP contribution in [0.25, 0.3) is 5.69 Å². The molecule has 1 aromatic heterocycles. The van der Waals surface area contributed by atoms with E-state index in [0.29, 0.717) is 9.70 Å². The van der Waals surface area contributed by atoms with Crippen LogP contribution in [0.3, 0.4) is 0 Å². The zero-order valence-corrected chi connectivity index (χ0v) is 16.4. The molecule has 1 aromatic carbocycles. The van der Waals surface area contributed by atoms with Crippen molar-refractivity contribution in [1.29, 1.82) is 0 Å². The molecule has 1 fully saturated rings. The van der Waals surface area contributed by atoms with Gasteiger partial charge >= 0.3 is 6.18 Å². The smallest absolute Gasteiger partial charge is 0.349 e. The van der Waals surface area contributed by atoms with Gasteiger partial charge in [-0.15, -0.1) is 0 Å². The minimum Gasteiger partial charge on any atom is -0.349 e. The number of amides is 1. The Labute approximate surface area is 169 Å². The molecule has 1 saturated heterocycles. The lowest BCUT2D eigenvalue weighted by atomic mass is 10.1. The third-order valence-electron chi connectivity index (χ3n) is 4.50. The Bertz CT molecular complexity index is 1000. The van der Waals surface area contributed by atoms with Crippen LogP contribution in [0.15, 0.2) is 30.5 Å². The highest BCUT2D eigenvalue weighted by Crippen LogP contribution is 2.34. The first-order valence-electron chi connectivity index (χ1n) is 8.46. The van der Waals surface area contributed by atoms with Crippen LogP contribution in [0.1, 0.15) is 28.9 Å². The van der Waals surface area contributed by atoms with E-state index in [2.05, 4.69) is 10.4 Å². The van der Waals surface area contributed by atoms with Crippen LogP contribution in [0.5, 0.6) is 0 Å². The van der Waals surface area contributed by atoms with Crippen molar-refractivity contribution in [2.75, 3.05) is 13.1 Å². The quantitative estimate of drug-likeness (QED) is 0.740. The highest BCUT2D eigenvalue weighted by atomic mass is 35.5. The molecule has 0 radical (unpaired) electrons. The van der Waals surface area contributed by atoms with Crippen molar-refractivity contribution in [3.8, 4) is 5.69 Å². The highest BCUT2D eigenvalue weighted by Gasteiger charge is 2.41. The lowest BCUT2D eigenvalue weighted by molar-refractivity contribution is -0.143. The zero-order valence-electron chi connectivity index (χ0n) is 14.9. The first kappa shape index (κ1) is 21.6. The summed E-state index contributed by atoms with van der Waals surface area (Å²) in [6.45, 7) is 0.139. The molecule has 0 saturated carbocycles. The van der Waals surface area contributed by atoms with E-state index < -0.39 is 39.6 Å². The van der Waals surface area contributed by atoms with Crippen LogP contribution in [-0.4, -0.2) is 47.5 Å². The Kier molecular flexibility index (Phi) is 5.90. The van der Waals surface area contributed by atoms with Crippen molar-refractivity contribution in [3.63, 3.8) is 0 Å².